The monoisotopic (exact) mass is 224 g/mol. The summed E-state index contributed by atoms with van der Waals surface area (Å²) < 4.78 is 0. The minimum Gasteiger partial charge on any atom is -0.351 e. The van der Waals surface area contributed by atoms with E-state index >= 15 is 0 Å². The number of aryl methyl sites for hydroxylation is 1. The zero-order valence-corrected chi connectivity index (χ0v) is 9.92. The van der Waals surface area contributed by atoms with E-state index < -0.39 is 6.04 Å². The summed E-state index contributed by atoms with van der Waals surface area (Å²) in [6, 6.07) is -0.396. The second-order valence-corrected chi connectivity index (χ2v) is 3.99. The van der Waals surface area contributed by atoms with Crippen molar-refractivity contribution in [2.75, 3.05) is 0 Å². The minimum atomic E-state index is -0.396. The fourth-order valence-electron chi connectivity index (χ4n) is 1.42. The van der Waals surface area contributed by atoms with Crippen molar-refractivity contribution in [1.29, 1.82) is 0 Å². The van der Waals surface area contributed by atoms with Crippen LogP contribution in [0.1, 0.15) is 37.4 Å². The highest BCUT2D eigenvalue weighted by Gasteiger charge is 2.12. The van der Waals surface area contributed by atoms with Gasteiger partial charge in [-0.3, -0.25) is 9.89 Å². The molecule has 1 unspecified atom stereocenters. The van der Waals surface area contributed by atoms with Gasteiger partial charge in [0.25, 0.3) is 0 Å². The molecule has 1 aromatic rings. The Balaban J connectivity index is 2.32. The van der Waals surface area contributed by atoms with Gasteiger partial charge in [-0.25, -0.2) is 0 Å². The van der Waals surface area contributed by atoms with Gasteiger partial charge in [0, 0.05) is 17.8 Å². The number of amides is 1. The third-order valence-corrected chi connectivity index (χ3v) is 2.59. The van der Waals surface area contributed by atoms with Crippen LogP contribution in [-0.4, -0.2) is 22.1 Å². The number of H-pyrrole nitrogens is 1. The maximum Gasteiger partial charge on any atom is 0.237 e. The van der Waals surface area contributed by atoms with Crippen molar-refractivity contribution < 1.29 is 4.79 Å². The predicted molar refractivity (Wildman–Crippen MR) is 62.7 cm³/mol. The first-order valence-corrected chi connectivity index (χ1v) is 5.67. The molecule has 0 saturated carbocycles. The third-order valence-electron chi connectivity index (χ3n) is 2.59. The van der Waals surface area contributed by atoms with Crippen molar-refractivity contribution in [3.8, 4) is 0 Å². The second-order valence-electron chi connectivity index (χ2n) is 3.99. The van der Waals surface area contributed by atoms with Crippen molar-refractivity contribution in [1.82, 2.24) is 15.5 Å². The van der Waals surface area contributed by atoms with Crippen molar-refractivity contribution in [3.05, 3.63) is 17.5 Å². The molecule has 0 saturated heterocycles. The van der Waals surface area contributed by atoms with Crippen LogP contribution in [0.2, 0.25) is 0 Å². The maximum atomic E-state index is 11.6. The Hall–Kier alpha value is -1.36. The highest BCUT2D eigenvalue weighted by molar-refractivity contribution is 5.81. The number of nitrogens with one attached hydrogen (secondary N) is 2. The number of carbonyl (C=O) groups excluding carboxylic acids is 1. The average molecular weight is 224 g/mol. The molecule has 0 fully saturated rings. The van der Waals surface area contributed by atoms with Gasteiger partial charge in [0.15, 0.2) is 0 Å². The van der Waals surface area contributed by atoms with Crippen LogP contribution in [-0.2, 0) is 11.3 Å². The van der Waals surface area contributed by atoms with Crippen LogP contribution in [0.4, 0.5) is 0 Å². The Morgan fingerprint density at radius 1 is 1.69 bits per heavy atom. The van der Waals surface area contributed by atoms with E-state index in [2.05, 4.69) is 22.4 Å². The standard InChI is InChI=1S/C11H20N4O/c1-3-4-5-10(12)11(16)13-6-9-7-14-15-8(9)2/h7,10H,3-6,12H2,1-2H3,(H,13,16)(H,14,15). The third kappa shape index (κ3) is 3.66. The highest BCUT2D eigenvalue weighted by Crippen LogP contribution is 2.02. The van der Waals surface area contributed by atoms with Crippen LogP contribution in [0, 0.1) is 6.92 Å². The summed E-state index contributed by atoms with van der Waals surface area (Å²) in [5.74, 6) is -0.0888. The summed E-state index contributed by atoms with van der Waals surface area (Å²) in [5, 5.41) is 9.52. The summed E-state index contributed by atoms with van der Waals surface area (Å²) in [6.45, 7) is 4.49. The molecule has 0 bridgehead atoms. The largest absolute Gasteiger partial charge is 0.351 e. The van der Waals surface area contributed by atoms with Crippen LogP contribution in [0.25, 0.3) is 0 Å². The molecule has 16 heavy (non-hydrogen) atoms. The van der Waals surface area contributed by atoms with Crippen molar-refractivity contribution >= 4 is 5.91 Å². The van der Waals surface area contributed by atoms with Crippen LogP contribution >= 0.6 is 0 Å². The van der Waals surface area contributed by atoms with Crippen LogP contribution in [0.5, 0.6) is 0 Å². The van der Waals surface area contributed by atoms with Crippen LogP contribution < -0.4 is 11.1 Å². The minimum absolute atomic E-state index is 0.0888. The first kappa shape index (κ1) is 12.7. The maximum absolute atomic E-state index is 11.6. The zero-order chi connectivity index (χ0) is 12.0. The number of unbranched alkanes of at least 4 members (excludes halogenated alkanes) is 1. The predicted octanol–water partition coefficient (Wildman–Crippen LogP) is 0.852. The molecule has 0 spiro atoms. The molecular weight excluding hydrogens is 204 g/mol. The molecule has 1 amide bonds. The number of nitrogens with zero attached hydrogens (tertiary/aromatic N) is 1. The smallest absolute Gasteiger partial charge is 0.237 e. The summed E-state index contributed by atoms with van der Waals surface area (Å²) in [5.41, 5.74) is 7.72. The molecule has 4 N–H and O–H groups in total. The molecule has 0 aliphatic heterocycles. The average Bonchev–Trinajstić information content (AvgIpc) is 2.68. The van der Waals surface area contributed by atoms with Gasteiger partial charge in [-0.2, -0.15) is 5.10 Å². The molecule has 5 nitrogen and oxygen atoms in total. The Morgan fingerprint density at radius 2 is 2.44 bits per heavy atom. The fraction of sp³-hybridized carbons (Fsp3) is 0.636. The molecule has 5 heteroatoms. The number of hydrogen-bond acceptors (Lipinski definition) is 3. The number of nitrogens with two attached hydrogens (primary N) is 1. The van der Waals surface area contributed by atoms with Crippen LogP contribution in [0.15, 0.2) is 6.20 Å². The van der Waals surface area contributed by atoms with Crippen molar-refractivity contribution in [2.45, 2.75) is 45.7 Å². The molecule has 0 aliphatic carbocycles. The highest BCUT2D eigenvalue weighted by atomic mass is 16.2. The molecule has 0 aromatic carbocycles. The van der Waals surface area contributed by atoms with E-state index in [4.69, 9.17) is 5.73 Å². The summed E-state index contributed by atoms with van der Waals surface area (Å²) >= 11 is 0. The van der Waals surface area contributed by atoms with E-state index in [1.807, 2.05) is 6.92 Å². The first-order valence-electron chi connectivity index (χ1n) is 5.67. The van der Waals surface area contributed by atoms with Gasteiger partial charge in [-0.05, 0) is 13.3 Å². The van der Waals surface area contributed by atoms with Crippen molar-refractivity contribution in [3.63, 3.8) is 0 Å². The molecule has 0 radical (unpaired) electrons. The molecular formula is C11H20N4O. The first-order chi connectivity index (χ1) is 7.65. The number of rotatable bonds is 6. The number of aromatic nitrogens is 2. The summed E-state index contributed by atoms with van der Waals surface area (Å²) in [6.07, 6.45) is 4.50. The van der Waals surface area contributed by atoms with Gasteiger partial charge in [0.1, 0.15) is 0 Å². The molecule has 1 atom stereocenters. The topological polar surface area (TPSA) is 83.8 Å². The van der Waals surface area contributed by atoms with E-state index in [9.17, 15) is 4.79 Å². The molecule has 1 aromatic heterocycles. The molecule has 1 heterocycles. The number of hydrogen-bond donors (Lipinski definition) is 3. The van der Waals surface area contributed by atoms with E-state index in [1.54, 1.807) is 6.20 Å². The Morgan fingerprint density at radius 3 is 3.00 bits per heavy atom. The quantitative estimate of drug-likeness (QED) is 0.670. The van der Waals surface area contributed by atoms with E-state index in [-0.39, 0.29) is 5.91 Å². The number of aromatic amines is 1. The lowest BCUT2D eigenvalue weighted by Crippen LogP contribution is -2.40. The van der Waals surface area contributed by atoms with Gasteiger partial charge >= 0.3 is 0 Å². The van der Waals surface area contributed by atoms with Crippen molar-refractivity contribution in [2.24, 2.45) is 5.73 Å². The Kier molecular flexibility index (Phi) is 4.98. The lowest BCUT2D eigenvalue weighted by Gasteiger charge is -2.11. The Labute approximate surface area is 95.8 Å². The van der Waals surface area contributed by atoms with E-state index in [0.717, 1.165) is 30.5 Å². The van der Waals surface area contributed by atoms with E-state index in [1.165, 1.54) is 0 Å². The molecule has 1 rings (SSSR count). The zero-order valence-electron chi connectivity index (χ0n) is 9.92. The van der Waals surface area contributed by atoms with Crippen LogP contribution in [0.3, 0.4) is 0 Å². The number of carbonyl (C=O) groups is 1. The van der Waals surface area contributed by atoms with Gasteiger partial charge in [-0.1, -0.05) is 19.8 Å². The SMILES string of the molecule is CCCCC(N)C(=O)NCc1cn[nH]c1C. The van der Waals surface area contributed by atoms with Gasteiger partial charge < -0.3 is 11.1 Å². The fourth-order valence-corrected chi connectivity index (χ4v) is 1.42. The Bertz CT molecular complexity index is 334. The van der Waals surface area contributed by atoms with Gasteiger partial charge in [0.2, 0.25) is 5.91 Å². The lowest BCUT2D eigenvalue weighted by atomic mass is 10.1. The normalized spacial score (nSPS) is 12.4. The second kappa shape index (κ2) is 6.27. The molecule has 0 aliphatic rings. The van der Waals surface area contributed by atoms with E-state index in [0.29, 0.717) is 6.54 Å². The molecule has 90 valence electrons. The summed E-state index contributed by atoms with van der Waals surface area (Å²) in [4.78, 5) is 11.6. The van der Waals surface area contributed by atoms with Gasteiger partial charge in [0.05, 0.1) is 12.2 Å². The lowest BCUT2D eigenvalue weighted by molar-refractivity contribution is -0.122. The van der Waals surface area contributed by atoms with Gasteiger partial charge in [-0.15, -0.1) is 0 Å². The summed E-state index contributed by atoms with van der Waals surface area (Å²) in [7, 11) is 0.